The van der Waals surface area contributed by atoms with Crippen molar-refractivity contribution >= 4 is 10.0 Å². The van der Waals surface area contributed by atoms with Crippen molar-refractivity contribution in [3.8, 4) is 0 Å². The van der Waals surface area contributed by atoms with E-state index in [0.717, 1.165) is 11.1 Å². The van der Waals surface area contributed by atoms with Crippen LogP contribution < -0.4 is 0 Å². The van der Waals surface area contributed by atoms with Crippen LogP contribution in [0.15, 0.2) is 59.5 Å². The van der Waals surface area contributed by atoms with Crippen LogP contribution in [0.5, 0.6) is 0 Å². The zero-order valence-corrected chi connectivity index (χ0v) is 19.8. The maximum atomic E-state index is 12.9. The molecule has 0 spiro atoms. The number of ether oxygens (including phenoxy) is 4. The highest BCUT2D eigenvalue weighted by molar-refractivity contribution is 7.89. The van der Waals surface area contributed by atoms with Gasteiger partial charge < -0.3 is 29.2 Å². The lowest BCUT2D eigenvalue weighted by Crippen LogP contribution is -2.62. The number of rotatable bonds is 6. The molecule has 2 N–H and O–H groups in total. The first-order valence-corrected chi connectivity index (χ1v) is 12.7. The Morgan fingerprint density at radius 3 is 2.47 bits per heavy atom. The minimum absolute atomic E-state index is 0.00171. The van der Waals surface area contributed by atoms with Crippen LogP contribution in [0, 0.1) is 6.92 Å². The molecule has 34 heavy (non-hydrogen) atoms. The van der Waals surface area contributed by atoms with E-state index in [9.17, 15) is 18.6 Å². The van der Waals surface area contributed by atoms with Crippen LogP contribution in [-0.2, 0) is 29.0 Å². The molecule has 3 aliphatic heterocycles. The Kier molecular flexibility index (Phi) is 6.28. The maximum Gasteiger partial charge on any atom is 0.243 e. The van der Waals surface area contributed by atoms with Gasteiger partial charge in [-0.25, -0.2) is 8.42 Å². The number of aliphatic hydroxyl groups excluding tert-OH is 2. The van der Waals surface area contributed by atoms with E-state index < -0.39 is 52.6 Å². The molecule has 0 bridgehead atoms. The molecule has 10 heteroatoms. The van der Waals surface area contributed by atoms with Crippen LogP contribution in [0.2, 0.25) is 0 Å². The topological polar surface area (TPSA) is 115 Å². The molecule has 2 unspecified atom stereocenters. The van der Waals surface area contributed by atoms with E-state index in [1.165, 1.54) is 4.31 Å². The van der Waals surface area contributed by atoms with Crippen molar-refractivity contribution < 1.29 is 37.6 Å². The maximum absolute atomic E-state index is 12.9. The van der Waals surface area contributed by atoms with Crippen LogP contribution in [0.3, 0.4) is 0 Å². The molecule has 8 atom stereocenters. The fourth-order valence-corrected chi connectivity index (χ4v) is 6.18. The van der Waals surface area contributed by atoms with Gasteiger partial charge in [-0.1, -0.05) is 48.0 Å². The summed E-state index contributed by atoms with van der Waals surface area (Å²) in [4.78, 5) is 0.221. The molecule has 0 amide bonds. The van der Waals surface area contributed by atoms with Crippen molar-refractivity contribution in [2.24, 2.45) is 0 Å². The molecule has 3 heterocycles. The van der Waals surface area contributed by atoms with Gasteiger partial charge in [0.1, 0.15) is 24.4 Å². The average molecular weight is 492 g/mol. The summed E-state index contributed by atoms with van der Waals surface area (Å²) in [7, 11) is -3.66. The number of nitrogens with zero attached hydrogens (tertiary/aromatic N) is 1. The zero-order valence-electron chi connectivity index (χ0n) is 19.0. The monoisotopic (exact) mass is 491 g/mol. The first-order chi connectivity index (χ1) is 16.2. The molecular weight excluding hydrogens is 462 g/mol. The predicted octanol–water partition coefficient (Wildman–Crippen LogP) is 1.34. The van der Waals surface area contributed by atoms with E-state index >= 15 is 0 Å². The minimum Gasteiger partial charge on any atom is -0.387 e. The van der Waals surface area contributed by atoms with E-state index in [1.807, 2.05) is 37.3 Å². The van der Waals surface area contributed by atoms with Crippen LogP contribution >= 0.6 is 0 Å². The molecule has 0 aromatic heterocycles. The highest BCUT2D eigenvalue weighted by Gasteiger charge is 2.57. The molecule has 5 rings (SSSR count). The largest absolute Gasteiger partial charge is 0.387 e. The van der Waals surface area contributed by atoms with E-state index in [1.54, 1.807) is 31.2 Å². The molecular formula is C24H29NO8S. The molecule has 0 radical (unpaired) electrons. The second kappa shape index (κ2) is 8.96. The lowest BCUT2D eigenvalue weighted by atomic mass is 9.98. The molecule has 0 saturated carbocycles. The highest BCUT2D eigenvalue weighted by atomic mass is 32.2. The number of benzene rings is 2. The van der Waals surface area contributed by atoms with Gasteiger partial charge in [0.05, 0.1) is 23.6 Å². The van der Waals surface area contributed by atoms with Crippen LogP contribution in [-0.4, -0.2) is 78.9 Å². The molecule has 3 saturated heterocycles. The lowest BCUT2D eigenvalue weighted by molar-refractivity contribution is -0.362. The molecule has 184 valence electrons. The summed E-state index contributed by atoms with van der Waals surface area (Å²) < 4.78 is 50.5. The second-order valence-electron chi connectivity index (χ2n) is 9.33. The molecule has 9 nitrogen and oxygen atoms in total. The van der Waals surface area contributed by atoms with Crippen LogP contribution in [0.1, 0.15) is 24.3 Å². The van der Waals surface area contributed by atoms with Gasteiger partial charge in [-0.15, -0.1) is 0 Å². The van der Waals surface area contributed by atoms with Crippen molar-refractivity contribution in [2.75, 3.05) is 19.8 Å². The van der Waals surface area contributed by atoms with Crippen LogP contribution in [0.4, 0.5) is 0 Å². The number of aliphatic hydroxyl groups is 2. The standard InChI is InChI=1S/C24H29NO8S/c1-15-8-10-17(11-9-15)34(28,29)25-13-24(25,2)14-31-23-20(27)19(26)21-18(32-23)12-30-22(33-21)16-6-4-3-5-7-16/h3-11,18-23,26-27H,12-14H2,1-2H3/t18-,19-,20-,21+,22+,23-,24?,25?/m1/s1. The SMILES string of the molecule is Cc1ccc(S(=O)(=O)N2CC2(C)CO[C@@H]2O[C@@H]3CO[C@H](c4ccccc4)O[C@@H]3[C@H](O)[C@H]2O)cc1. The summed E-state index contributed by atoms with van der Waals surface area (Å²) in [5, 5.41) is 21.3. The number of fused-ring (bicyclic) bond motifs is 1. The molecule has 3 aliphatic rings. The van der Waals surface area contributed by atoms with Gasteiger partial charge in [0.2, 0.25) is 10.0 Å². The summed E-state index contributed by atoms with van der Waals surface area (Å²) in [6.45, 7) is 4.10. The summed E-state index contributed by atoms with van der Waals surface area (Å²) in [6, 6.07) is 16.0. The van der Waals surface area contributed by atoms with E-state index in [-0.39, 0.29) is 24.7 Å². The Morgan fingerprint density at radius 2 is 1.76 bits per heavy atom. The fourth-order valence-electron chi connectivity index (χ4n) is 4.36. The summed E-state index contributed by atoms with van der Waals surface area (Å²) in [6.07, 6.45) is -5.85. The Labute approximate surface area is 198 Å². The summed E-state index contributed by atoms with van der Waals surface area (Å²) >= 11 is 0. The van der Waals surface area contributed by atoms with Gasteiger partial charge in [0.15, 0.2) is 12.6 Å². The minimum atomic E-state index is -3.66. The van der Waals surface area contributed by atoms with Gasteiger partial charge >= 0.3 is 0 Å². The van der Waals surface area contributed by atoms with E-state index in [4.69, 9.17) is 18.9 Å². The zero-order chi connectivity index (χ0) is 24.1. The third-order valence-electron chi connectivity index (χ3n) is 6.56. The van der Waals surface area contributed by atoms with Crippen LogP contribution in [0.25, 0.3) is 0 Å². The molecule has 0 aliphatic carbocycles. The second-order valence-corrected chi connectivity index (χ2v) is 11.2. The average Bonchev–Trinajstić information content (AvgIpc) is 3.54. The predicted molar refractivity (Wildman–Crippen MR) is 120 cm³/mol. The summed E-state index contributed by atoms with van der Waals surface area (Å²) in [5.41, 5.74) is 1.01. The van der Waals surface area contributed by atoms with Gasteiger partial charge in [-0.05, 0) is 26.0 Å². The van der Waals surface area contributed by atoms with Crippen molar-refractivity contribution in [1.82, 2.24) is 4.31 Å². The van der Waals surface area contributed by atoms with Crippen molar-refractivity contribution in [1.29, 1.82) is 0 Å². The Bertz CT molecular complexity index is 1110. The van der Waals surface area contributed by atoms with E-state index in [0.29, 0.717) is 0 Å². The number of sulfonamides is 1. The molecule has 2 aromatic carbocycles. The Balaban J connectivity index is 1.20. The van der Waals surface area contributed by atoms with E-state index in [2.05, 4.69) is 0 Å². The smallest absolute Gasteiger partial charge is 0.243 e. The van der Waals surface area contributed by atoms with Crippen molar-refractivity contribution in [2.45, 2.75) is 61.3 Å². The number of aryl methyl sites for hydroxylation is 1. The third kappa shape index (κ3) is 4.40. The van der Waals surface area contributed by atoms with Gasteiger partial charge in [0.25, 0.3) is 0 Å². The van der Waals surface area contributed by atoms with Crippen molar-refractivity contribution in [3.63, 3.8) is 0 Å². The third-order valence-corrected chi connectivity index (χ3v) is 8.57. The fraction of sp³-hybridized carbons (Fsp3) is 0.500. The lowest BCUT2D eigenvalue weighted by Gasteiger charge is -2.46. The van der Waals surface area contributed by atoms with Gasteiger partial charge in [0, 0.05) is 12.1 Å². The Hall–Kier alpha value is -1.89. The number of hydrogen-bond acceptors (Lipinski definition) is 8. The first-order valence-electron chi connectivity index (χ1n) is 11.2. The van der Waals surface area contributed by atoms with Gasteiger partial charge in [-0.2, -0.15) is 4.31 Å². The van der Waals surface area contributed by atoms with Gasteiger partial charge in [-0.3, -0.25) is 0 Å². The number of hydrogen-bond donors (Lipinski definition) is 2. The summed E-state index contributed by atoms with van der Waals surface area (Å²) in [5.74, 6) is 0. The van der Waals surface area contributed by atoms with Crippen molar-refractivity contribution in [3.05, 3.63) is 65.7 Å². The molecule has 3 fully saturated rings. The highest BCUT2D eigenvalue weighted by Crippen LogP contribution is 2.40. The Morgan fingerprint density at radius 1 is 1.06 bits per heavy atom. The first kappa shape index (κ1) is 23.8. The molecule has 2 aromatic rings. The normalized spacial score (nSPS) is 37.7. The quantitative estimate of drug-likeness (QED) is 0.582.